The zero-order chi connectivity index (χ0) is 12.0. The van der Waals surface area contributed by atoms with Gasteiger partial charge in [-0.05, 0) is 38.1 Å². The van der Waals surface area contributed by atoms with Crippen LogP contribution in [0.3, 0.4) is 0 Å². The summed E-state index contributed by atoms with van der Waals surface area (Å²) in [6.45, 7) is 3.95. The molecule has 0 amide bonds. The van der Waals surface area contributed by atoms with Gasteiger partial charge in [-0.25, -0.2) is 0 Å². The number of esters is 1. The summed E-state index contributed by atoms with van der Waals surface area (Å²) in [7, 11) is 0. The number of rotatable bonds is 5. The molecule has 0 aromatic heterocycles. The molecule has 0 saturated carbocycles. The third kappa shape index (κ3) is 4.68. The van der Waals surface area contributed by atoms with Crippen molar-refractivity contribution >= 4 is 11.7 Å². The summed E-state index contributed by atoms with van der Waals surface area (Å²) in [5.74, 6) is 0.456. The minimum Gasteiger partial charge on any atom is -0.493 e. The van der Waals surface area contributed by atoms with Gasteiger partial charge < -0.3 is 15.2 Å². The number of nitrogen functional groups attached to an aromatic ring is 1. The highest BCUT2D eigenvalue weighted by molar-refractivity contribution is 5.69. The highest BCUT2D eigenvalue weighted by Crippen LogP contribution is 2.13. The second-order valence-electron chi connectivity index (χ2n) is 3.71. The van der Waals surface area contributed by atoms with Crippen LogP contribution >= 0.6 is 0 Å². The molecule has 16 heavy (non-hydrogen) atoms. The SMILES string of the molecule is CC(C)OC(=O)CCOc1ccc(N)cc1. The fraction of sp³-hybridized carbons (Fsp3) is 0.417. The van der Waals surface area contributed by atoms with E-state index in [0.717, 1.165) is 0 Å². The third-order valence-corrected chi connectivity index (χ3v) is 1.82. The van der Waals surface area contributed by atoms with E-state index >= 15 is 0 Å². The molecule has 0 bridgehead atoms. The van der Waals surface area contributed by atoms with Gasteiger partial charge in [0, 0.05) is 5.69 Å². The molecule has 0 atom stereocenters. The van der Waals surface area contributed by atoms with E-state index in [-0.39, 0.29) is 18.5 Å². The molecule has 0 aliphatic rings. The van der Waals surface area contributed by atoms with Crippen molar-refractivity contribution in [3.8, 4) is 5.75 Å². The number of ether oxygens (including phenoxy) is 2. The molecule has 88 valence electrons. The lowest BCUT2D eigenvalue weighted by atomic mass is 10.3. The van der Waals surface area contributed by atoms with Crippen LogP contribution < -0.4 is 10.5 Å². The lowest BCUT2D eigenvalue weighted by Gasteiger charge is -2.08. The van der Waals surface area contributed by atoms with Crippen LogP contribution in [-0.4, -0.2) is 18.7 Å². The molecule has 0 radical (unpaired) electrons. The zero-order valence-corrected chi connectivity index (χ0v) is 9.60. The van der Waals surface area contributed by atoms with E-state index in [1.807, 2.05) is 13.8 Å². The van der Waals surface area contributed by atoms with Crippen LogP contribution in [0.4, 0.5) is 5.69 Å². The molecule has 0 aliphatic heterocycles. The van der Waals surface area contributed by atoms with Gasteiger partial charge >= 0.3 is 5.97 Å². The molecule has 0 unspecified atom stereocenters. The number of anilines is 1. The molecule has 1 rings (SSSR count). The number of nitrogens with two attached hydrogens (primary N) is 1. The Morgan fingerprint density at radius 2 is 1.94 bits per heavy atom. The molecule has 4 heteroatoms. The van der Waals surface area contributed by atoms with Gasteiger partial charge in [0.1, 0.15) is 5.75 Å². The molecular formula is C12H17NO3. The minimum atomic E-state index is -0.245. The summed E-state index contributed by atoms with van der Waals surface area (Å²) in [6.07, 6.45) is 0.173. The van der Waals surface area contributed by atoms with Crippen molar-refractivity contribution in [2.75, 3.05) is 12.3 Å². The van der Waals surface area contributed by atoms with Crippen LogP contribution in [0.15, 0.2) is 24.3 Å². The van der Waals surface area contributed by atoms with Crippen molar-refractivity contribution < 1.29 is 14.3 Å². The van der Waals surface area contributed by atoms with Gasteiger partial charge in [0.15, 0.2) is 0 Å². The second-order valence-corrected chi connectivity index (χ2v) is 3.71. The van der Waals surface area contributed by atoms with Crippen LogP contribution in [0, 0.1) is 0 Å². The highest BCUT2D eigenvalue weighted by atomic mass is 16.5. The normalized spacial score (nSPS) is 10.2. The van der Waals surface area contributed by atoms with Gasteiger partial charge in [0.05, 0.1) is 19.1 Å². The van der Waals surface area contributed by atoms with Crippen LogP contribution in [0.2, 0.25) is 0 Å². The van der Waals surface area contributed by atoms with Gasteiger partial charge in [-0.1, -0.05) is 0 Å². The second kappa shape index (κ2) is 6.00. The summed E-state index contributed by atoms with van der Waals surface area (Å²) in [4.78, 5) is 11.2. The number of hydrogen-bond donors (Lipinski definition) is 1. The Hall–Kier alpha value is -1.71. The topological polar surface area (TPSA) is 61.5 Å². The van der Waals surface area contributed by atoms with E-state index in [1.54, 1.807) is 24.3 Å². The third-order valence-electron chi connectivity index (χ3n) is 1.82. The van der Waals surface area contributed by atoms with Crippen molar-refractivity contribution in [3.05, 3.63) is 24.3 Å². The van der Waals surface area contributed by atoms with Gasteiger partial charge in [-0.15, -0.1) is 0 Å². The van der Waals surface area contributed by atoms with Crippen LogP contribution in [0.1, 0.15) is 20.3 Å². The quantitative estimate of drug-likeness (QED) is 0.612. The maximum atomic E-state index is 11.2. The first-order valence-electron chi connectivity index (χ1n) is 5.26. The van der Waals surface area contributed by atoms with Crippen molar-refractivity contribution in [1.82, 2.24) is 0 Å². The lowest BCUT2D eigenvalue weighted by Crippen LogP contribution is -2.14. The van der Waals surface area contributed by atoms with Crippen molar-refractivity contribution in [1.29, 1.82) is 0 Å². The first-order chi connectivity index (χ1) is 7.58. The fourth-order valence-corrected chi connectivity index (χ4v) is 1.14. The average Bonchev–Trinajstić information content (AvgIpc) is 2.20. The van der Waals surface area contributed by atoms with E-state index in [4.69, 9.17) is 15.2 Å². The van der Waals surface area contributed by atoms with Crippen molar-refractivity contribution in [2.45, 2.75) is 26.4 Å². The Balaban J connectivity index is 2.25. The number of carbonyl (C=O) groups excluding carboxylic acids is 1. The molecular weight excluding hydrogens is 206 g/mol. The summed E-state index contributed by atoms with van der Waals surface area (Å²) in [6, 6.07) is 7.04. The van der Waals surface area contributed by atoms with Gasteiger partial charge in [-0.3, -0.25) is 4.79 Å². The molecule has 0 aliphatic carbocycles. The highest BCUT2D eigenvalue weighted by Gasteiger charge is 2.05. The van der Waals surface area contributed by atoms with E-state index in [0.29, 0.717) is 18.0 Å². The average molecular weight is 223 g/mol. The summed E-state index contributed by atoms with van der Waals surface area (Å²) in [5.41, 5.74) is 6.22. The predicted molar refractivity (Wildman–Crippen MR) is 62.2 cm³/mol. The fourth-order valence-electron chi connectivity index (χ4n) is 1.14. The maximum Gasteiger partial charge on any atom is 0.309 e. The monoisotopic (exact) mass is 223 g/mol. The van der Waals surface area contributed by atoms with Gasteiger partial charge in [0.2, 0.25) is 0 Å². The van der Waals surface area contributed by atoms with Crippen LogP contribution in [0.25, 0.3) is 0 Å². The van der Waals surface area contributed by atoms with Gasteiger partial charge in [0.25, 0.3) is 0 Å². The Bertz CT molecular complexity index is 333. The summed E-state index contributed by atoms with van der Waals surface area (Å²) in [5, 5.41) is 0. The molecule has 0 spiro atoms. The zero-order valence-electron chi connectivity index (χ0n) is 9.60. The Morgan fingerprint density at radius 3 is 2.50 bits per heavy atom. The maximum absolute atomic E-state index is 11.2. The Labute approximate surface area is 95.3 Å². The Kier molecular flexibility index (Phi) is 4.64. The summed E-state index contributed by atoms with van der Waals surface area (Å²) >= 11 is 0. The van der Waals surface area contributed by atoms with E-state index < -0.39 is 0 Å². The van der Waals surface area contributed by atoms with Crippen molar-refractivity contribution in [3.63, 3.8) is 0 Å². The van der Waals surface area contributed by atoms with Crippen LogP contribution in [-0.2, 0) is 9.53 Å². The molecule has 0 heterocycles. The molecule has 1 aromatic carbocycles. The standard InChI is InChI=1S/C12H17NO3/c1-9(2)16-12(14)7-8-15-11-5-3-10(13)4-6-11/h3-6,9H,7-8,13H2,1-2H3. The molecule has 0 saturated heterocycles. The predicted octanol–water partition coefficient (Wildman–Crippen LogP) is 1.99. The summed E-state index contributed by atoms with van der Waals surface area (Å²) < 4.78 is 10.3. The number of carbonyl (C=O) groups is 1. The smallest absolute Gasteiger partial charge is 0.309 e. The van der Waals surface area contributed by atoms with E-state index in [1.165, 1.54) is 0 Å². The van der Waals surface area contributed by atoms with Crippen molar-refractivity contribution in [2.24, 2.45) is 0 Å². The lowest BCUT2D eigenvalue weighted by molar-refractivity contribution is -0.147. The number of hydrogen-bond acceptors (Lipinski definition) is 4. The van der Waals surface area contributed by atoms with Gasteiger partial charge in [-0.2, -0.15) is 0 Å². The largest absolute Gasteiger partial charge is 0.493 e. The molecule has 1 aromatic rings. The van der Waals surface area contributed by atoms with E-state index in [2.05, 4.69) is 0 Å². The first-order valence-corrected chi connectivity index (χ1v) is 5.26. The molecule has 2 N–H and O–H groups in total. The Morgan fingerprint density at radius 1 is 1.31 bits per heavy atom. The molecule has 4 nitrogen and oxygen atoms in total. The minimum absolute atomic E-state index is 0.0796. The first kappa shape index (κ1) is 12.4. The molecule has 0 fully saturated rings. The number of benzene rings is 1. The van der Waals surface area contributed by atoms with Crippen LogP contribution in [0.5, 0.6) is 5.75 Å². The van der Waals surface area contributed by atoms with E-state index in [9.17, 15) is 4.79 Å².